The quantitative estimate of drug-likeness (QED) is 0.719. The van der Waals surface area contributed by atoms with Gasteiger partial charge in [0.25, 0.3) is 0 Å². The number of rotatable bonds is 4. The molecule has 1 aromatic rings. The Morgan fingerprint density at radius 1 is 1.67 bits per heavy atom. The third kappa shape index (κ3) is 2.15. The molecule has 0 unspecified atom stereocenters. The molecule has 68 valence electrons. The van der Waals surface area contributed by atoms with Crippen molar-refractivity contribution in [1.29, 1.82) is 0 Å². The Morgan fingerprint density at radius 3 is 2.92 bits per heavy atom. The Hall–Kier alpha value is -0.680. The van der Waals surface area contributed by atoms with Crippen molar-refractivity contribution >= 4 is 12.2 Å². The molecular weight excluding hydrogens is 174 g/mol. The standard InChI is InChI=1S/C7H13N3OS/c1-3-10-7(12)8-6(9-10)4-5-11-2/h3-5H2,1-2H3,(H,8,9,12). The molecule has 0 aliphatic carbocycles. The average molecular weight is 187 g/mol. The van der Waals surface area contributed by atoms with E-state index < -0.39 is 0 Å². The van der Waals surface area contributed by atoms with E-state index >= 15 is 0 Å². The Morgan fingerprint density at radius 2 is 2.42 bits per heavy atom. The molecule has 1 N–H and O–H groups in total. The summed E-state index contributed by atoms with van der Waals surface area (Å²) >= 11 is 5.00. The van der Waals surface area contributed by atoms with Gasteiger partial charge in [0.15, 0.2) is 0 Å². The van der Waals surface area contributed by atoms with Crippen LogP contribution in [-0.2, 0) is 17.7 Å². The third-order valence-electron chi connectivity index (χ3n) is 1.58. The maximum atomic E-state index is 5.00. The minimum Gasteiger partial charge on any atom is -0.384 e. The highest BCUT2D eigenvalue weighted by Gasteiger charge is 1.98. The van der Waals surface area contributed by atoms with Gasteiger partial charge in [-0.1, -0.05) is 0 Å². The van der Waals surface area contributed by atoms with Gasteiger partial charge >= 0.3 is 0 Å². The number of methoxy groups -OCH3 is 1. The minimum atomic E-state index is 0.614. The number of H-pyrrole nitrogens is 1. The van der Waals surface area contributed by atoms with Gasteiger partial charge in [-0.3, -0.25) is 9.78 Å². The second-order valence-electron chi connectivity index (χ2n) is 2.44. The minimum absolute atomic E-state index is 0.614. The van der Waals surface area contributed by atoms with E-state index in [1.165, 1.54) is 0 Å². The Balaban J connectivity index is 2.69. The van der Waals surface area contributed by atoms with Crippen molar-refractivity contribution in [2.45, 2.75) is 19.9 Å². The van der Waals surface area contributed by atoms with Crippen LogP contribution in [0.4, 0.5) is 0 Å². The van der Waals surface area contributed by atoms with E-state index in [2.05, 4.69) is 10.1 Å². The highest BCUT2D eigenvalue weighted by Crippen LogP contribution is 1.94. The first-order valence-corrected chi connectivity index (χ1v) is 4.33. The van der Waals surface area contributed by atoms with Crippen LogP contribution in [0.2, 0.25) is 0 Å². The molecule has 0 spiro atoms. The third-order valence-corrected chi connectivity index (χ3v) is 1.90. The van der Waals surface area contributed by atoms with Crippen LogP contribution >= 0.6 is 12.2 Å². The SMILES string of the molecule is CCn1[nH]c(CCOC)nc1=S. The molecule has 0 saturated heterocycles. The van der Waals surface area contributed by atoms with E-state index in [0.717, 1.165) is 18.8 Å². The molecule has 1 heterocycles. The fourth-order valence-corrected chi connectivity index (χ4v) is 1.21. The van der Waals surface area contributed by atoms with Crippen molar-refractivity contribution in [3.05, 3.63) is 10.6 Å². The van der Waals surface area contributed by atoms with Gasteiger partial charge in [-0.25, -0.2) is 4.98 Å². The number of ether oxygens (including phenoxy) is 1. The van der Waals surface area contributed by atoms with Gasteiger partial charge < -0.3 is 4.74 Å². The predicted octanol–water partition coefficient (Wildman–Crippen LogP) is 1.15. The Bertz CT molecular complexity index is 291. The van der Waals surface area contributed by atoms with Crippen molar-refractivity contribution in [1.82, 2.24) is 14.8 Å². The topological polar surface area (TPSA) is 42.8 Å². The normalized spacial score (nSPS) is 10.5. The number of aryl methyl sites for hydroxylation is 1. The van der Waals surface area contributed by atoms with Crippen molar-refractivity contribution in [2.75, 3.05) is 13.7 Å². The molecule has 0 bridgehead atoms. The first-order chi connectivity index (χ1) is 5.77. The molecular formula is C7H13N3OS. The van der Waals surface area contributed by atoms with Crippen LogP contribution in [0.5, 0.6) is 0 Å². The molecule has 0 aliphatic rings. The summed E-state index contributed by atoms with van der Waals surface area (Å²) in [5.41, 5.74) is 0. The van der Waals surface area contributed by atoms with E-state index in [0.29, 0.717) is 11.4 Å². The Labute approximate surface area is 76.6 Å². The lowest BCUT2D eigenvalue weighted by Gasteiger charge is -1.95. The molecule has 4 nitrogen and oxygen atoms in total. The highest BCUT2D eigenvalue weighted by molar-refractivity contribution is 7.71. The summed E-state index contributed by atoms with van der Waals surface area (Å²) in [5.74, 6) is 0.892. The number of hydrogen-bond donors (Lipinski definition) is 1. The van der Waals surface area contributed by atoms with Crippen LogP contribution in [0.3, 0.4) is 0 Å². The largest absolute Gasteiger partial charge is 0.384 e. The molecule has 0 amide bonds. The van der Waals surface area contributed by atoms with Crippen molar-refractivity contribution in [3.63, 3.8) is 0 Å². The van der Waals surface area contributed by atoms with E-state index in [1.54, 1.807) is 7.11 Å². The second kappa shape index (κ2) is 4.37. The van der Waals surface area contributed by atoms with Crippen LogP contribution in [-0.4, -0.2) is 28.5 Å². The summed E-state index contributed by atoms with van der Waals surface area (Å²) < 4.78 is 7.37. The molecule has 1 aromatic heterocycles. The second-order valence-corrected chi connectivity index (χ2v) is 2.81. The lowest BCUT2D eigenvalue weighted by atomic mass is 10.4. The summed E-state index contributed by atoms with van der Waals surface area (Å²) in [7, 11) is 1.67. The van der Waals surface area contributed by atoms with Crippen LogP contribution < -0.4 is 0 Å². The van der Waals surface area contributed by atoms with E-state index in [-0.39, 0.29) is 0 Å². The number of aromatic amines is 1. The summed E-state index contributed by atoms with van der Waals surface area (Å²) in [6, 6.07) is 0. The van der Waals surface area contributed by atoms with E-state index in [4.69, 9.17) is 17.0 Å². The maximum Gasteiger partial charge on any atom is 0.216 e. The van der Waals surface area contributed by atoms with Crippen LogP contribution in [0.15, 0.2) is 0 Å². The Kier molecular flexibility index (Phi) is 3.43. The van der Waals surface area contributed by atoms with Crippen LogP contribution in [0.25, 0.3) is 0 Å². The molecule has 1 rings (SSSR count). The number of aromatic nitrogens is 3. The summed E-state index contributed by atoms with van der Waals surface area (Å²) in [6.45, 7) is 3.53. The van der Waals surface area contributed by atoms with Crippen molar-refractivity contribution in [2.24, 2.45) is 0 Å². The molecule has 0 atom stereocenters. The van der Waals surface area contributed by atoms with Gasteiger partial charge in [-0.05, 0) is 19.1 Å². The predicted molar refractivity (Wildman–Crippen MR) is 48.7 cm³/mol. The van der Waals surface area contributed by atoms with Gasteiger partial charge in [-0.2, -0.15) is 0 Å². The molecule has 5 heteroatoms. The fourth-order valence-electron chi connectivity index (χ4n) is 0.929. The molecule has 0 radical (unpaired) electrons. The van der Waals surface area contributed by atoms with Gasteiger partial charge in [0.2, 0.25) is 4.77 Å². The van der Waals surface area contributed by atoms with Gasteiger partial charge in [0.1, 0.15) is 5.82 Å². The fraction of sp³-hybridized carbons (Fsp3) is 0.714. The number of nitrogens with zero attached hydrogens (tertiary/aromatic N) is 2. The van der Waals surface area contributed by atoms with E-state index in [9.17, 15) is 0 Å². The lowest BCUT2D eigenvalue weighted by molar-refractivity contribution is 0.200. The van der Waals surface area contributed by atoms with Crippen LogP contribution in [0, 0.1) is 4.77 Å². The first kappa shape index (κ1) is 9.41. The molecule has 12 heavy (non-hydrogen) atoms. The van der Waals surface area contributed by atoms with E-state index in [1.807, 2.05) is 11.6 Å². The smallest absolute Gasteiger partial charge is 0.216 e. The summed E-state index contributed by atoms with van der Waals surface area (Å²) in [6.07, 6.45) is 0.785. The monoisotopic (exact) mass is 187 g/mol. The summed E-state index contributed by atoms with van der Waals surface area (Å²) in [5, 5.41) is 3.09. The zero-order chi connectivity index (χ0) is 8.97. The maximum absolute atomic E-state index is 5.00. The van der Waals surface area contributed by atoms with Crippen molar-refractivity contribution in [3.8, 4) is 0 Å². The molecule has 0 aliphatic heterocycles. The van der Waals surface area contributed by atoms with Gasteiger partial charge in [0, 0.05) is 20.1 Å². The molecule has 0 aromatic carbocycles. The van der Waals surface area contributed by atoms with Gasteiger partial charge in [0.05, 0.1) is 6.61 Å². The molecule has 0 saturated carbocycles. The van der Waals surface area contributed by atoms with Crippen LogP contribution in [0.1, 0.15) is 12.7 Å². The highest BCUT2D eigenvalue weighted by atomic mass is 32.1. The summed E-state index contributed by atoms with van der Waals surface area (Å²) in [4.78, 5) is 4.16. The zero-order valence-electron chi connectivity index (χ0n) is 7.33. The zero-order valence-corrected chi connectivity index (χ0v) is 8.15. The number of hydrogen-bond acceptors (Lipinski definition) is 3. The number of nitrogens with one attached hydrogen (secondary N) is 1. The first-order valence-electron chi connectivity index (χ1n) is 3.92. The lowest BCUT2D eigenvalue weighted by Crippen LogP contribution is -1.99. The van der Waals surface area contributed by atoms with Crippen molar-refractivity contribution < 1.29 is 4.74 Å². The molecule has 0 fully saturated rings. The average Bonchev–Trinajstić information content (AvgIpc) is 2.43. The van der Waals surface area contributed by atoms with Gasteiger partial charge in [-0.15, -0.1) is 0 Å².